The van der Waals surface area contributed by atoms with E-state index in [1.165, 1.54) is 16.7 Å². The lowest BCUT2D eigenvalue weighted by atomic mass is 9.92. The molecule has 30 heavy (non-hydrogen) atoms. The predicted molar refractivity (Wildman–Crippen MR) is 108 cm³/mol. The number of pyridine rings is 1. The lowest BCUT2D eigenvalue weighted by Gasteiger charge is -2.19. The van der Waals surface area contributed by atoms with Crippen molar-refractivity contribution >= 4 is 17.8 Å². The summed E-state index contributed by atoms with van der Waals surface area (Å²) in [5.74, 6) is -0.429. The van der Waals surface area contributed by atoms with Gasteiger partial charge in [-0.05, 0) is 30.7 Å². The number of nitrogens with zero attached hydrogens (tertiary/aromatic N) is 7. The third kappa shape index (κ3) is 2.99. The van der Waals surface area contributed by atoms with E-state index in [1.54, 1.807) is 36.3 Å². The lowest BCUT2D eigenvalue weighted by Crippen LogP contribution is -2.08. The minimum atomic E-state index is -1.70. The molecule has 7 nitrogen and oxygen atoms in total. The van der Waals surface area contributed by atoms with Crippen LogP contribution in [0.5, 0.6) is 0 Å². The third-order valence-corrected chi connectivity index (χ3v) is 5.06. The van der Waals surface area contributed by atoms with Crippen LogP contribution in [0.1, 0.15) is 35.9 Å². The molecule has 0 bridgehead atoms. The molecule has 5 rings (SSSR count). The quantitative estimate of drug-likeness (QED) is 0.517. The molecule has 0 fully saturated rings. The Morgan fingerprint density at radius 3 is 2.80 bits per heavy atom. The molecule has 0 spiro atoms. The average molecular weight is 405 g/mol. The van der Waals surface area contributed by atoms with Gasteiger partial charge in [0.2, 0.25) is 0 Å². The Hall–Kier alpha value is -3.75. The van der Waals surface area contributed by atoms with Gasteiger partial charge in [-0.2, -0.15) is 14.7 Å². The smallest absolute Gasteiger partial charge is 0.178 e. The van der Waals surface area contributed by atoms with Crippen molar-refractivity contribution in [1.82, 2.24) is 34.6 Å². The summed E-state index contributed by atoms with van der Waals surface area (Å²) in [5, 5.41) is 16.6. The van der Waals surface area contributed by atoms with Crippen molar-refractivity contribution in [3.8, 4) is 11.1 Å². The highest BCUT2D eigenvalue weighted by atomic mass is 19.1. The summed E-state index contributed by atoms with van der Waals surface area (Å²) < 4.78 is 33.3. The molecule has 0 N–H and O–H groups in total. The van der Waals surface area contributed by atoms with Crippen molar-refractivity contribution in [1.29, 1.82) is 0 Å². The second kappa shape index (κ2) is 6.94. The van der Waals surface area contributed by atoms with Gasteiger partial charge in [-0.1, -0.05) is 6.92 Å². The molecule has 4 aromatic rings. The molecular weight excluding hydrogens is 388 g/mol. The summed E-state index contributed by atoms with van der Waals surface area (Å²) in [6.07, 6.45) is 6.68. The number of hydrogen-bond acceptors (Lipinski definition) is 5. The fraction of sp³-hybridized carbons (Fsp3) is 0.190. The normalized spacial score (nSPS) is 17.4. The van der Waals surface area contributed by atoms with Crippen LogP contribution in [0.25, 0.3) is 28.9 Å². The number of alkyl halides is 1. The van der Waals surface area contributed by atoms with E-state index in [-0.39, 0.29) is 17.1 Å². The highest BCUT2D eigenvalue weighted by molar-refractivity contribution is 5.72. The van der Waals surface area contributed by atoms with Crippen molar-refractivity contribution in [3.05, 3.63) is 71.0 Å². The predicted octanol–water partition coefficient (Wildman–Crippen LogP) is 3.90. The number of allylic oxidation sites excluding steroid dienone is 2. The van der Waals surface area contributed by atoms with Crippen LogP contribution in [0, 0.1) is 0 Å². The van der Waals surface area contributed by atoms with Crippen molar-refractivity contribution in [2.45, 2.75) is 19.5 Å². The molecule has 9 heteroatoms. The molecule has 0 saturated carbocycles. The van der Waals surface area contributed by atoms with Crippen molar-refractivity contribution in [2.24, 2.45) is 7.05 Å². The maximum absolute atomic E-state index is 15.4. The van der Waals surface area contributed by atoms with E-state index < -0.39 is 12.0 Å². The van der Waals surface area contributed by atoms with Gasteiger partial charge in [0.1, 0.15) is 5.83 Å². The van der Waals surface area contributed by atoms with Gasteiger partial charge in [0.25, 0.3) is 0 Å². The zero-order valence-electron chi connectivity index (χ0n) is 16.3. The molecular formula is C21H17F2N7. The van der Waals surface area contributed by atoms with Crippen LogP contribution in [-0.4, -0.2) is 34.6 Å². The van der Waals surface area contributed by atoms with Crippen LogP contribution in [0.2, 0.25) is 0 Å². The first kappa shape index (κ1) is 18.3. The summed E-state index contributed by atoms with van der Waals surface area (Å²) in [4.78, 5) is 4.24. The number of aryl methyl sites for hydroxylation is 2. The third-order valence-electron chi connectivity index (χ3n) is 5.06. The van der Waals surface area contributed by atoms with Crippen molar-refractivity contribution in [2.75, 3.05) is 0 Å². The number of fused-ring (bicyclic) bond motifs is 2. The molecule has 150 valence electrons. The average Bonchev–Trinajstić information content (AvgIpc) is 3.36. The first-order valence-electron chi connectivity index (χ1n) is 9.47. The Morgan fingerprint density at radius 1 is 1.17 bits per heavy atom. The zero-order chi connectivity index (χ0) is 20.8. The minimum absolute atomic E-state index is 0.134. The van der Waals surface area contributed by atoms with E-state index in [9.17, 15) is 4.39 Å². The Bertz CT molecular complexity index is 1330. The summed E-state index contributed by atoms with van der Waals surface area (Å²) in [5.41, 5.74) is 3.28. The fourth-order valence-corrected chi connectivity index (χ4v) is 3.44. The van der Waals surface area contributed by atoms with Crippen LogP contribution in [-0.2, 0) is 13.5 Å². The van der Waals surface area contributed by atoms with Crippen LogP contribution in [0.4, 0.5) is 8.78 Å². The van der Waals surface area contributed by atoms with E-state index in [4.69, 9.17) is 0 Å². The molecule has 0 radical (unpaired) electrons. The maximum atomic E-state index is 15.4. The summed E-state index contributed by atoms with van der Waals surface area (Å²) in [6, 6.07) is 5.30. The topological polar surface area (TPSA) is 73.8 Å². The molecule has 1 atom stereocenters. The van der Waals surface area contributed by atoms with Gasteiger partial charge in [-0.15, -0.1) is 10.2 Å². The second-order valence-electron chi connectivity index (χ2n) is 7.06. The Labute approximate surface area is 170 Å². The molecule has 0 saturated heterocycles. The van der Waals surface area contributed by atoms with Crippen LogP contribution < -0.4 is 0 Å². The van der Waals surface area contributed by atoms with Gasteiger partial charge in [-0.3, -0.25) is 9.67 Å². The van der Waals surface area contributed by atoms with E-state index in [0.29, 0.717) is 16.8 Å². The molecule has 4 heterocycles. The Kier molecular flexibility index (Phi) is 4.23. The zero-order valence-corrected chi connectivity index (χ0v) is 16.3. The Balaban J connectivity index is 1.59. The molecule has 1 unspecified atom stereocenters. The first-order chi connectivity index (χ1) is 14.5. The van der Waals surface area contributed by atoms with E-state index in [0.717, 1.165) is 17.7 Å². The molecule has 0 aliphatic heterocycles. The largest absolute Gasteiger partial charge is 0.275 e. The highest BCUT2D eigenvalue weighted by Gasteiger charge is 2.29. The first-order valence-corrected chi connectivity index (χ1v) is 9.47. The van der Waals surface area contributed by atoms with E-state index >= 15 is 4.39 Å². The Morgan fingerprint density at radius 2 is 2.03 bits per heavy atom. The van der Waals surface area contributed by atoms with Crippen molar-refractivity contribution < 1.29 is 8.78 Å². The number of hydrogen-bond donors (Lipinski definition) is 0. The standard InChI is InChI=1S/C21H17F2N7/c1-3-14-4-5-19-26-27-20(30(19)28-14)7-15-17(22)8-18-16(21(15)23)6-12(9-24-18)13-10-25-29(2)11-13/h4-11,21H,3H2,1-2H3. The van der Waals surface area contributed by atoms with E-state index in [2.05, 4.69) is 25.4 Å². The van der Waals surface area contributed by atoms with Gasteiger partial charge in [0, 0.05) is 47.8 Å². The summed E-state index contributed by atoms with van der Waals surface area (Å²) >= 11 is 0. The maximum Gasteiger partial charge on any atom is 0.178 e. The monoisotopic (exact) mass is 405 g/mol. The van der Waals surface area contributed by atoms with Crippen molar-refractivity contribution in [3.63, 3.8) is 0 Å². The van der Waals surface area contributed by atoms with Crippen LogP contribution >= 0.6 is 0 Å². The SMILES string of the molecule is CCc1ccc2nnc(C=C3C(F)=Cc4ncc(-c5cnn(C)c5)cc4C3F)n2n1. The molecule has 4 aromatic heterocycles. The minimum Gasteiger partial charge on any atom is -0.275 e. The lowest BCUT2D eigenvalue weighted by molar-refractivity contribution is 0.384. The number of rotatable bonds is 3. The van der Waals surface area contributed by atoms with Crippen LogP contribution in [0.3, 0.4) is 0 Å². The fourth-order valence-electron chi connectivity index (χ4n) is 3.44. The molecule has 0 aromatic carbocycles. The van der Waals surface area contributed by atoms with Gasteiger partial charge < -0.3 is 0 Å². The summed E-state index contributed by atoms with van der Waals surface area (Å²) in [7, 11) is 1.80. The molecule has 0 amide bonds. The van der Waals surface area contributed by atoms with Gasteiger partial charge in [0.15, 0.2) is 17.6 Å². The molecule has 1 aliphatic rings. The highest BCUT2D eigenvalue weighted by Crippen LogP contribution is 2.41. The van der Waals surface area contributed by atoms with Gasteiger partial charge in [0.05, 0.1) is 17.6 Å². The summed E-state index contributed by atoms with van der Waals surface area (Å²) in [6.45, 7) is 1.97. The van der Waals surface area contributed by atoms with Crippen LogP contribution in [0.15, 0.2) is 48.2 Å². The molecule has 1 aliphatic carbocycles. The van der Waals surface area contributed by atoms with Gasteiger partial charge in [-0.25, -0.2) is 8.78 Å². The van der Waals surface area contributed by atoms with E-state index in [1.807, 2.05) is 19.2 Å². The number of halogens is 2. The van der Waals surface area contributed by atoms with Gasteiger partial charge >= 0.3 is 0 Å². The second-order valence-corrected chi connectivity index (χ2v) is 7.06. The number of aromatic nitrogens is 7.